The van der Waals surface area contributed by atoms with Crippen molar-refractivity contribution in [1.82, 2.24) is 5.32 Å². The van der Waals surface area contributed by atoms with Crippen LogP contribution in [0, 0.1) is 17.8 Å². The number of carbonyl (C=O) groups is 2. The molecule has 0 spiro atoms. The fraction of sp³-hybridized carbons (Fsp3) is 0.750. The number of aliphatic hydroxyl groups is 2. The molecule has 2 unspecified atom stereocenters. The number of hydrogen-bond acceptors (Lipinski definition) is 5. The summed E-state index contributed by atoms with van der Waals surface area (Å²) in [4.78, 5) is 22.5. The highest BCUT2D eigenvalue weighted by atomic mass is 16.5. The molecular weight excluding hydrogens is 382 g/mol. The van der Waals surface area contributed by atoms with Gasteiger partial charge in [0.1, 0.15) is 0 Å². The number of allylic oxidation sites excluding steroid dienone is 2. The topological polar surface area (TPSA) is 95.9 Å². The number of ether oxygens (including phenoxy) is 1. The first kappa shape index (κ1) is 26.4. The molecule has 6 nitrogen and oxygen atoms in total. The molecule has 1 rings (SSSR count). The van der Waals surface area contributed by atoms with Gasteiger partial charge in [0.05, 0.1) is 24.7 Å². The first-order chi connectivity index (χ1) is 14.3. The maximum Gasteiger partial charge on any atom is 0.308 e. The van der Waals surface area contributed by atoms with E-state index >= 15 is 0 Å². The summed E-state index contributed by atoms with van der Waals surface area (Å²) < 4.78 is 4.74. The maximum atomic E-state index is 11.5. The molecule has 172 valence electrons. The van der Waals surface area contributed by atoms with Gasteiger partial charge in [-0.25, -0.2) is 0 Å². The van der Waals surface area contributed by atoms with Crippen molar-refractivity contribution in [3.05, 3.63) is 24.3 Å². The number of nitrogens with one attached hydrogen (secondary N) is 1. The Morgan fingerprint density at radius 1 is 1.33 bits per heavy atom. The Labute approximate surface area is 181 Å². The summed E-state index contributed by atoms with van der Waals surface area (Å²) in [7, 11) is 1.40. The molecule has 1 fully saturated rings. The molecule has 0 aromatic rings. The van der Waals surface area contributed by atoms with Crippen LogP contribution in [0.15, 0.2) is 24.3 Å². The Morgan fingerprint density at radius 2 is 2.07 bits per heavy atom. The zero-order chi connectivity index (χ0) is 22.6. The molecule has 1 aliphatic carbocycles. The normalized spacial score (nSPS) is 27.3. The summed E-state index contributed by atoms with van der Waals surface area (Å²) in [5.74, 6) is -0.405. The molecule has 0 aliphatic heterocycles. The Hall–Kier alpha value is -1.66. The van der Waals surface area contributed by atoms with Crippen LogP contribution in [0.25, 0.3) is 0 Å². The number of aliphatic hydroxyl groups excluding tert-OH is 1. The molecule has 3 N–H and O–H groups in total. The Morgan fingerprint density at radius 3 is 2.70 bits per heavy atom. The van der Waals surface area contributed by atoms with Gasteiger partial charge in [0.15, 0.2) is 0 Å². The van der Waals surface area contributed by atoms with Crippen LogP contribution in [-0.4, -0.2) is 47.4 Å². The molecule has 30 heavy (non-hydrogen) atoms. The summed E-state index contributed by atoms with van der Waals surface area (Å²) in [6.07, 6.45) is 14.6. The molecule has 1 saturated carbocycles. The van der Waals surface area contributed by atoms with E-state index in [9.17, 15) is 19.8 Å². The van der Waals surface area contributed by atoms with E-state index in [1.54, 1.807) is 0 Å². The van der Waals surface area contributed by atoms with Crippen molar-refractivity contribution in [2.24, 2.45) is 17.8 Å². The monoisotopic (exact) mass is 423 g/mol. The van der Waals surface area contributed by atoms with Gasteiger partial charge in [-0.2, -0.15) is 0 Å². The lowest BCUT2D eigenvalue weighted by Gasteiger charge is -2.24. The van der Waals surface area contributed by atoms with E-state index in [4.69, 9.17) is 4.74 Å². The average Bonchev–Trinajstić information content (AvgIpc) is 3.00. The lowest BCUT2D eigenvalue weighted by Crippen LogP contribution is -2.33. The maximum absolute atomic E-state index is 11.5. The van der Waals surface area contributed by atoms with E-state index in [0.717, 1.165) is 32.1 Å². The van der Waals surface area contributed by atoms with Crippen molar-refractivity contribution in [1.29, 1.82) is 0 Å². The van der Waals surface area contributed by atoms with Crippen LogP contribution >= 0.6 is 0 Å². The summed E-state index contributed by atoms with van der Waals surface area (Å²) in [6.45, 7) is 5.79. The van der Waals surface area contributed by atoms with Gasteiger partial charge in [-0.1, -0.05) is 57.4 Å². The highest BCUT2D eigenvalue weighted by molar-refractivity contribution is 5.71. The number of methoxy groups -OCH3 is 1. The Balaban J connectivity index is 2.71. The minimum atomic E-state index is -0.890. The first-order valence-electron chi connectivity index (χ1n) is 11.3. The molecule has 0 heterocycles. The van der Waals surface area contributed by atoms with Gasteiger partial charge < -0.3 is 20.3 Å². The van der Waals surface area contributed by atoms with Crippen molar-refractivity contribution in [3.8, 4) is 0 Å². The summed E-state index contributed by atoms with van der Waals surface area (Å²) in [5.41, 5.74) is -0.890. The molecule has 0 bridgehead atoms. The molecule has 0 aromatic heterocycles. The second kappa shape index (κ2) is 13.6. The smallest absolute Gasteiger partial charge is 0.308 e. The van der Waals surface area contributed by atoms with E-state index in [2.05, 4.69) is 12.2 Å². The second-order valence-corrected chi connectivity index (χ2v) is 8.82. The highest BCUT2D eigenvalue weighted by Gasteiger charge is 2.40. The average molecular weight is 424 g/mol. The number of esters is 1. The van der Waals surface area contributed by atoms with Crippen LogP contribution in [0.2, 0.25) is 0 Å². The second-order valence-electron chi connectivity index (χ2n) is 8.82. The third-order valence-corrected chi connectivity index (χ3v) is 6.14. The van der Waals surface area contributed by atoms with Crippen molar-refractivity contribution >= 4 is 12.4 Å². The lowest BCUT2D eigenvalue weighted by atomic mass is 9.87. The van der Waals surface area contributed by atoms with Crippen LogP contribution in [0.3, 0.4) is 0 Å². The largest absolute Gasteiger partial charge is 0.469 e. The fourth-order valence-corrected chi connectivity index (χ4v) is 4.18. The van der Waals surface area contributed by atoms with Crippen molar-refractivity contribution in [2.45, 2.75) is 89.9 Å². The van der Waals surface area contributed by atoms with E-state index in [1.165, 1.54) is 7.11 Å². The standard InChI is InChI=1S/C24H41NO5/c1-5-6-10-14-24(3,29)15-13-19-20(22(27)16-21(19)25-17-26)12-9-7-8-11-18(2)23(28)30-4/h7,9,13,15,17-22,27,29H,5-6,8,10-12,14,16H2,1-4H3,(H,25,26)/b9-7-,15-13+/t18?,19-,20-,21-,22+,24?/m1/s1. The van der Waals surface area contributed by atoms with E-state index in [-0.39, 0.29) is 29.8 Å². The van der Waals surface area contributed by atoms with Crippen LogP contribution < -0.4 is 5.32 Å². The van der Waals surface area contributed by atoms with Crippen LogP contribution in [0.1, 0.15) is 72.1 Å². The molecule has 1 aliphatic rings. The molecule has 0 saturated heterocycles. The quantitative estimate of drug-likeness (QED) is 0.172. The Bertz CT molecular complexity index is 572. The predicted molar refractivity (Wildman–Crippen MR) is 119 cm³/mol. The molecule has 0 radical (unpaired) electrons. The molecule has 6 heteroatoms. The first-order valence-corrected chi connectivity index (χ1v) is 11.3. The van der Waals surface area contributed by atoms with Crippen molar-refractivity contribution < 1.29 is 24.5 Å². The van der Waals surface area contributed by atoms with Gasteiger partial charge in [0, 0.05) is 12.0 Å². The number of carbonyl (C=O) groups excluding carboxylic acids is 2. The van der Waals surface area contributed by atoms with Gasteiger partial charge in [0.2, 0.25) is 6.41 Å². The summed E-state index contributed by atoms with van der Waals surface area (Å²) >= 11 is 0. The number of hydrogen-bond donors (Lipinski definition) is 3. The van der Waals surface area contributed by atoms with Gasteiger partial charge in [-0.15, -0.1) is 0 Å². The summed E-state index contributed by atoms with van der Waals surface area (Å²) in [5, 5.41) is 24.0. The fourth-order valence-electron chi connectivity index (χ4n) is 4.18. The highest BCUT2D eigenvalue weighted by Crippen LogP contribution is 2.37. The van der Waals surface area contributed by atoms with Crippen LogP contribution in [0.4, 0.5) is 0 Å². The third kappa shape index (κ3) is 9.00. The summed E-state index contributed by atoms with van der Waals surface area (Å²) in [6, 6.07) is -0.141. The minimum absolute atomic E-state index is 0.0283. The molecule has 1 amide bonds. The van der Waals surface area contributed by atoms with Gasteiger partial charge in [-0.3, -0.25) is 9.59 Å². The van der Waals surface area contributed by atoms with Gasteiger partial charge >= 0.3 is 5.97 Å². The zero-order valence-electron chi connectivity index (χ0n) is 19.0. The lowest BCUT2D eigenvalue weighted by molar-refractivity contribution is -0.145. The van der Waals surface area contributed by atoms with Gasteiger partial charge in [0.25, 0.3) is 0 Å². The number of rotatable bonds is 14. The number of unbranched alkanes of at least 4 members (excludes halogenated alkanes) is 2. The zero-order valence-corrected chi connectivity index (χ0v) is 19.0. The van der Waals surface area contributed by atoms with E-state index in [1.807, 2.05) is 38.2 Å². The van der Waals surface area contributed by atoms with Gasteiger partial charge in [-0.05, 0) is 44.9 Å². The van der Waals surface area contributed by atoms with Crippen LogP contribution in [0.5, 0.6) is 0 Å². The molecule has 6 atom stereocenters. The Kier molecular flexibility index (Phi) is 12.0. The van der Waals surface area contributed by atoms with Crippen molar-refractivity contribution in [2.75, 3.05) is 7.11 Å². The SMILES string of the molecule is CCCCCC(C)(O)/C=C/[C@@H]1[C@@H](C/C=C\CCC(C)C(=O)OC)[C@@H](O)C[C@H]1NC=O. The minimum Gasteiger partial charge on any atom is -0.469 e. The third-order valence-electron chi connectivity index (χ3n) is 6.14. The van der Waals surface area contributed by atoms with Crippen LogP contribution in [-0.2, 0) is 14.3 Å². The van der Waals surface area contributed by atoms with E-state index < -0.39 is 11.7 Å². The molecular formula is C24H41NO5. The van der Waals surface area contributed by atoms with E-state index in [0.29, 0.717) is 25.7 Å². The number of amides is 1. The predicted octanol–water partition coefficient (Wildman–Crippen LogP) is 3.52. The van der Waals surface area contributed by atoms with Crippen molar-refractivity contribution in [3.63, 3.8) is 0 Å². The molecule has 0 aromatic carbocycles.